The Kier molecular flexibility index (Phi) is 5.83. The van der Waals surface area contributed by atoms with Crippen molar-refractivity contribution in [2.75, 3.05) is 18.4 Å². The smallest absolute Gasteiger partial charge is 0.231 e. The van der Waals surface area contributed by atoms with Crippen LogP contribution in [0.4, 0.5) is 5.69 Å². The molecule has 1 aromatic carbocycles. The van der Waals surface area contributed by atoms with Crippen LogP contribution in [-0.2, 0) is 22.5 Å². The molecule has 2 aromatic rings. The second-order valence-corrected chi connectivity index (χ2v) is 7.72. The van der Waals surface area contributed by atoms with Crippen molar-refractivity contribution in [1.29, 1.82) is 0 Å². The first kappa shape index (κ1) is 18.0. The van der Waals surface area contributed by atoms with Gasteiger partial charge in [-0.05, 0) is 32.9 Å². The summed E-state index contributed by atoms with van der Waals surface area (Å²) in [5.41, 5.74) is 3.03. The lowest BCUT2D eigenvalue weighted by molar-refractivity contribution is -0.115. The van der Waals surface area contributed by atoms with Gasteiger partial charge in [-0.1, -0.05) is 17.7 Å². The summed E-state index contributed by atoms with van der Waals surface area (Å²) in [6, 6.07) is 7.81. The van der Waals surface area contributed by atoms with E-state index in [2.05, 4.69) is 34.4 Å². The van der Waals surface area contributed by atoms with Crippen LogP contribution >= 0.6 is 11.3 Å². The van der Waals surface area contributed by atoms with Crippen molar-refractivity contribution in [1.82, 2.24) is 9.88 Å². The topological polar surface area (TPSA) is 54.5 Å². The Bertz CT molecular complexity index is 704. The summed E-state index contributed by atoms with van der Waals surface area (Å²) in [7, 11) is 0. The Hall–Kier alpha value is -1.76. The zero-order valence-corrected chi connectivity index (χ0v) is 15.8. The summed E-state index contributed by atoms with van der Waals surface area (Å²) in [5, 5.41) is 5.83. The summed E-state index contributed by atoms with van der Waals surface area (Å²) >= 11 is 1.55. The molecule has 6 heteroatoms. The van der Waals surface area contributed by atoms with Gasteiger partial charge in [-0.15, -0.1) is 11.3 Å². The average molecular weight is 359 g/mol. The van der Waals surface area contributed by atoms with Crippen molar-refractivity contribution < 1.29 is 9.53 Å². The minimum absolute atomic E-state index is 0.0293. The van der Waals surface area contributed by atoms with Crippen LogP contribution in [0.3, 0.4) is 0 Å². The van der Waals surface area contributed by atoms with Gasteiger partial charge in [0.25, 0.3) is 0 Å². The molecule has 0 aliphatic carbocycles. The number of carbonyl (C=O) groups is 1. The number of benzene rings is 1. The number of aromatic nitrogens is 1. The van der Waals surface area contributed by atoms with Crippen molar-refractivity contribution in [2.24, 2.45) is 0 Å². The molecule has 0 saturated carbocycles. The van der Waals surface area contributed by atoms with Gasteiger partial charge in [-0.25, -0.2) is 4.98 Å². The molecule has 1 aliphatic rings. The lowest BCUT2D eigenvalue weighted by Crippen LogP contribution is -2.44. The molecule has 134 valence electrons. The number of rotatable bonds is 5. The standard InChI is InChI=1S/C19H25N3O2S/c1-13-4-6-16(7-5-13)20-18(23)8-19-21-17(12-25-19)11-22-9-14(2)24-15(3)10-22/h4-7,12,14-15H,8-11H2,1-3H3,(H,20,23)/t14-,15+. The Balaban J connectivity index is 1.52. The Labute approximate surface area is 153 Å². The van der Waals surface area contributed by atoms with E-state index in [4.69, 9.17) is 4.74 Å². The molecule has 5 nitrogen and oxygen atoms in total. The maximum Gasteiger partial charge on any atom is 0.231 e. The summed E-state index contributed by atoms with van der Waals surface area (Å²) in [6.07, 6.45) is 0.818. The monoisotopic (exact) mass is 359 g/mol. The number of carbonyl (C=O) groups excluding carboxylic acids is 1. The fourth-order valence-electron chi connectivity index (χ4n) is 3.12. The second kappa shape index (κ2) is 8.08. The van der Waals surface area contributed by atoms with Crippen molar-refractivity contribution in [3.63, 3.8) is 0 Å². The van der Waals surface area contributed by atoms with Gasteiger partial charge in [-0.2, -0.15) is 0 Å². The maximum absolute atomic E-state index is 12.2. The molecule has 0 radical (unpaired) electrons. The maximum atomic E-state index is 12.2. The van der Waals surface area contributed by atoms with Gasteiger partial charge in [0.1, 0.15) is 5.01 Å². The molecule has 1 aromatic heterocycles. The average Bonchev–Trinajstić information content (AvgIpc) is 2.95. The van der Waals surface area contributed by atoms with Gasteiger partial charge < -0.3 is 10.1 Å². The predicted octanol–water partition coefficient (Wildman–Crippen LogP) is 3.24. The first-order valence-corrected chi connectivity index (χ1v) is 9.53. The van der Waals surface area contributed by atoms with Crippen molar-refractivity contribution in [3.8, 4) is 0 Å². The molecule has 1 amide bonds. The first-order valence-electron chi connectivity index (χ1n) is 8.65. The highest BCUT2D eigenvalue weighted by molar-refractivity contribution is 7.09. The molecule has 25 heavy (non-hydrogen) atoms. The predicted molar refractivity (Wildman–Crippen MR) is 101 cm³/mol. The molecule has 1 fully saturated rings. The lowest BCUT2D eigenvalue weighted by atomic mass is 10.2. The van der Waals surface area contributed by atoms with Crippen molar-refractivity contribution in [2.45, 2.75) is 45.9 Å². The zero-order valence-electron chi connectivity index (χ0n) is 15.0. The molecule has 1 N–H and O–H groups in total. The van der Waals surface area contributed by atoms with E-state index >= 15 is 0 Å². The Morgan fingerprint density at radius 2 is 1.96 bits per heavy atom. The molecule has 0 unspecified atom stereocenters. The molecule has 2 atom stereocenters. The molecule has 2 heterocycles. The molecular weight excluding hydrogens is 334 g/mol. The van der Waals surface area contributed by atoms with E-state index in [1.165, 1.54) is 5.56 Å². The first-order chi connectivity index (χ1) is 12.0. The number of hydrogen-bond acceptors (Lipinski definition) is 5. The number of ether oxygens (including phenoxy) is 1. The van der Waals surface area contributed by atoms with E-state index in [9.17, 15) is 4.79 Å². The number of hydrogen-bond donors (Lipinski definition) is 1. The lowest BCUT2D eigenvalue weighted by Gasteiger charge is -2.34. The largest absolute Gasteiger partial charge is 0.373 e. The van der Waals surface area contributed by atoms with Crippen molar-refractivity contribution >= 4 is 22.9 Å². The summed E-state index contributed by atoms with van der Waals surface area (Å²) < 4.78 is 5.76. The van der Waals surface area contributed by atoms with Gasteiger partial charge in [0, 0.05) is 30.7 Å². The molecule has 0 spiro atoms. The van der Waals surface area contributed by atoms with Crippen LogP contribution in [0.15, 0.2) is 29.6 Å². The van der Waals surface area contributed by atoms with E-state index in [0.717, 1.165) is 36.0 Å². The second-order valence-electron chi connectivity index (χ2n) is 6.77. The number of nitrogens with one attached hydrogen (secondary N) is 1. The van der Waals surface area contributed by atoms with Crippen molar-refractivity contribution in [3.05, 3.63) is 45.9 Å². The fourth-order valence-corrected chi connectivity index (χ4v) is 3.91. The third-order valence-corrected chi connectivity index (χ3v) is 5.02. The highest BCUT2D eigenvalue weighted by Gasteiger charge is 2.22. The van der Waals surface area contributed by atoms with Gasteiger partial charge in [0.2, 0.25) is 5.91 Å². The number of aryl methyl sites for hydroxylation is 1. The van der Waals surface area contributed by atoms with Gasteiger partial charge in [0.15, 0.2) is 0 Å². The molecular formula is C19H25N3O2S. The van der Waals surface area contributed by atoms with E-state index in [1.54, 1.807) is 11.3 Å². The normalized spacial score (nSPS) is 21.2. The van der Waals surface area contributed by atoms with Crippen LogP contribution in [0.2, 0.25) is 0 Å². The summed E-state index contributed by atoms with van der Waals surface area (Å²) in [4.78, 5) is 19.2. The summed E-state index contributed by atoms with van der Waals surface area (Å²) in [5.74, 6) is -0.0293. The minimum Gasteiger partial charge on any atom is -0.373 e. The highest BCUT2D eigenvalue weighted by Crippen LogP contribution is 2.17. The minimum atomic E-state index is -0.0293. The number of amides is 1. The van der Waals surface area contributed by atoms with E-state index < -0.39 is 0 Å². The zero-order chi connectivity index (χ0) is 17.8. The quantitative estimate of drug-likeness (QED) is 0.890. The fraction of sp³-hybridized carbons (Fsp3) is 0.474. The Morgan fingerprint density at radius 3 is 2.64 bits per heavy atom. The molecule has 1 aliphatic heterocycles. The molecule has 0 bridgehead atoms. The van der Waals surface area contributed by atoms with Crippen LogP contribution in [0.5, 0.6) is 0 Å². The summed E-state index contributed by atoms with van der Waals surface area (Å²) in [6.45, 7) is 8.89. The third kappa shape index (κ3) is 5.36. The van der Waals surface area contributed by atoms with Gasteiger partial charge in [0.05, 0.1) is 24.3 Å². The van der Waals surface area contributed by atoms with Crippen LogP contribution in [0.1, 0.15) is 30.1 Å². The molecule has 1 saturated heterocycles. The van der Waals surface area contributed by atoms with Crippen LogP contribution < -0.4 is 5.32 Å². The van der Waals surface area contributed by atoms with Gasteiger partial charge in [-0.3, -0.25) is 9.69 Å². The van der Waals surface area contributed by atoms with Crippen LogP contribution in [0.25, 0.3) is 0 Å². The van der Waals surface area contributed by atoms with Crippen LogP contribution in [0, 0.1) is 6.92 Å². The molecule has 3 rings (SSSR count). The number of thiazole rings is 1. The van der Waals surface area contributed by atoms with E-state index in [1.807, 2.05) is 31.2 Å². The van der Waals surface area contributed by atoms with E-state index in [-0.39, 0.29) is 18.1 Å². The van der Waals surface area contributed by atoms with Crippen LogP contribution in [-0.4, -0.2) is 41.1 Å². The van der Waals surface area contributed by atoms with E-state index in [0.29, 0.717) is 6.42 Å². The number of morpholine rings is 1. The SMILES string of the molecule is Cc1ccc(NC(=O)Cc2nc(CN3C[C@@H](C)O[C@@H](C)C3)cs2)cc1. The number of nitrogens with zero attached hydrogens (tertiary/aromatic N) is 2. The number of anilines is 1. The highest BCUT2D eigenvalue weighted by atomic mass is 32.1. The Morgan fingerprint density at radius 1 is 1.28 bits per heavy atom. The third-order valence-electron chi connectivity index (χ3n) is 4.13. The van der Waals surface area contributed by atoms with Gasteiger partial charge >= 0.3 is 0 Å².